The topological polar surface area (TPSA) is 66.4 Å². The number of aliphatic carboxylic acids is 1. The van der Waals surface area contributed by atoms with Crippen LogP contribution in [0.3, 0.4) is 0 Å². The first-order chi connectivity index (χ1) is 8.97. The van der Waals surface area contributed by atoms with E-state index in [0.29, 0.717) is 6.42 Å². The van der Waals surface area contributed by atoms with Gasteiger partial charge < -0.3 is 10.4 Å². The first-order valence-electron chi connectivity index (χ1n) is 6.58. The molecule has 0 aromatic heterocycles. The quantitative estimate of drug-likeness (QED) is 0.824. The lowest BCUT2D eigenvalue weighted by molar-refractivity contribution is -0.141. The number of benzene rings is 1. The molecule has 19 heavy (non-hydrogen) atoms. The number of hydrogen-bond acceptors (Lipinski definition) is 2. The molecule has 0 spiro atoms. The maximum Gasteiger partial charge on any atom is 0.326 e. The van der Waals surface area contributed by atoms with Crippen molar-refractivity contribution in [3.05, 3.63) is 34.9 Å². The molecule has 2 N–H and O–H groups in total. The van der Waals surface area contributed by atoms with Crippen LogP contribution in [0.1, 0.15) is 37.5 Å². The Balaban J connectivity index is 2.90. The van der Waals surface area contributed by atoms with Crippen molar-refractivity contribution in [2.75, 3.05) is 0 Å². The van der Waals surface area contributed by atoms with E-state index in [4.69, 9.17) is 5.11 Å². The van der Waals surface area contributed by atoms with Gasteiger partial charge in [0.15, 0.2) is 0 Å². The Hall–Kier alpha value is -1.84. The number of rotatable bonds is 6. The lowest BCUT2D eigenvalue weighted by Crippen LogP contribution is -2.41. The fourth-order valence-corrected chi connectivity index (χ4v) is 2.16. The van der Waals surface area contributed by atoms with E-state index in [1.807, 2.05) is 18.2 Å². The van der Waals surface area contributed by atoms with Gasteiger partial charge in [0.2, 0.25) is 5.91 Å². The number of amides is 1. The van der Waals surface area contributed by atoms with Crippen LogP contribution in [0.4, 0.5) is 0 Å². The van der Waals surface area contributed by atoms with Crippen molar-refractivity contribution in [1.29, 1.82) is 0 Å². The van der Waals surface area contributed by atoms with Gasteiger partial charge in [-0.15, -0.1) is 0 Å². The SMILES string of the molecule is CCc1ccc(CC(NC(C)=O)C(=O)O)cc1CC. The van der Waals surface area contributed by atoms with Gasteiger partial charge in [-0.1, -0.05) is 32.0 Å². The summed E-state index contributed by atoms with van der Waals surface area (Å²) in [5.74, 6) is -1.33. The van der Waals surface area contributed by atoms with Crippen molar-refractivity contribution in [1.82, 2.24) is 5.32 Å². The summed E-state index contributed by atoms with van der Waals surface area (Å²) in [7, 11) is 0. The molecule has 0 aliphatic carbocycles. The van der Waals surface area contributed by atoms with Gasteiger partial charge in [-0.3, -0.25) is 4.79 Å². The van der Waals surface area contributed by atoms with Gasteiger partial charge in [0.1, 0.15) is 6.04 Å². The number of nitrogens with one attached hydrogen (secondary N) is 1. The number of aryl methyl sites for hydroxylation is 2. The summed E-state index contributed by atoms with van der Waals surface area (Å²) in [6, 6.07) is 5.15. The minimum atomic E-state index is -1.01. The van der Waals surface area contributed by atoms with Gasteiger partial charge in [-0.25, -0.2) is 4.79 Å². The molecule has 4 heteroatoms. The van der Waals surface area contributed by atoms with Crippen LogP contribution in [-0.4, -0.2) is 23.0 Å². The van der Waals surface area contributed by atoms with E-state index >= 15 is 0 Å². The maximum absolute atomic E-state index is 11.1. The highest BCUT2D eigenvalue weighted by molar-refractivity contribution is 5.82. The zero-order chi connectivity index (χ0) is 14.4. The van der Waals surface area contributed by atoms with E-state index < -0.39 is 12.0 Å². The van der Waals surface area contributed by atoms with Crippen molar-refractivity contribution < 1.29 is 14.7 Å². The predicted octanol–water partition coefficient (Wildman–Crippen LogP) is 1.94. The van der Waals surface area contributed by atoms with Gasteiger partial charge in [0.25, 0.3) is 0 Å². The van der Waals surface area contributed by atoms with Crippen LogP contribution in [-0.2, 0) is 28.9 Å². The van der Waals surface area contributed by atoms with Crippen molar-refractivity contribution in [2.45, 2.75) is 46.1 Å². The highest BCUT2D eigenvalue weighted by atomic mass is 16.4. The van der Waals surface area contributed by atoms with Gasteiger partial charge in [0, 0.05) is 13.3 Å². The second-order valence-corrected chi connectivity index (χ2v) is 4.61. The molecule has 1 aromatic carbocycles. The third-order valence-electron chi connectivity index (χ3n) is 3.15. The average molecular weight is 263 g/mol. The van der Waals surface area contributed by atoms with Crippen LogP contribution in [0.25, 0.3) is 0 Å². The Morgan fingerprint density at radius 3 is 2.32 bits per heavy atom. The summed E-state index contributed by atoms with van der Waals surface area (Å²) in [4.78, 5) is 22.1. The highest BCUT2D eigenvalue weighted by Gasteiger charge is 2.19. The number of carbonyl (C=O) groups excluding carboxylic acids is 1. The molecule has 0 bridgehead atoms. The van der Waals surface area contributed by atoms with Crippen molar-refractivity contribution in [2.24, 2.45) is 0 Å². The number of carbonyl (C=O) groups is 2. The van der Waals surface area contributed by atoms with E-state index in [9.17, 15) is 9.59 Å². The number of hydrogen-bond donors (Lipinski definition) is 2. The van der Waals surface area contributed by atoms with E-state index in [1.165, 1.54) is 18.1 Å². The van der Waals surface area contributed by atoms with Crippen LogP contribution in [0, 0.1) is 0 Å². The molecule has 0 radical (unpaired) electrons. The molecular formula is C15H21NO3. The van der Waals surface area contributed by atoms with Crippen LogP contribution in [0.15, 0.2) is 18.2 Å². The summed E-state index contributed by atoms with van der Waals surface area (Å²) in [6.07, 6.45) is 2.21. The van der Waals surface area contributed by atoms with E-state index in [0.717, 1.165) is 18.4 Å². The normalized spacial score (nSPS) is 11.9. The zero-order valence-corrected chi connectivity index (χ0v) is 11.7. The number of carboxylic acid groups (broad SMARTS) is 1. The molecule has 0 saturated carbocycles. The Morgan fingerprint density at radius 2 is 1.84 bits per heavy atom. The van der Waals surface area contributed by atoms with Gasteiger partial charge >= 0.3 is 5.97 Å². The molecule has 0 aliphatic rings. The van der Waals surface area contributed by atoms with E-state index in [2.05, 4.69) is 19.2 Å². The molecule has 1 rings (SSSR count). The van der Waals surface area contributed by atoms with E-state index in [1.54, 1.807) is 0 Å². The summed E-state index contributed by atoms with van der Waals surface area (Å²) < 4.78 is 0. The zero-order valence-electron chi connectivity index (χ0n) is 11.7. The van der Waals surface area contributed by atoms with Crippen LogP contribution >= 0.6 is 0 Å². The fraction of sp³-hybridized carbons (Fsp3) is 0.467. The third kappa shape index (κ3) is 4.39. The summed E-state index contributed by atoms with van der Waals surface area (Å²) in [5.41, 5.74) is 3.47. The van der Waals surface area contributed by atoms with E-state index in [-0.39, 0.29) is 5.91 Å². The lowest BCUT2D eigenvalue weighted by Gasteiger charge is -2.15. The smallest absolute Gasteiger partial charge is 0.326 e. The Morgan fingerprint density at radius 1 is 1.21 bits per heavy atom. The molecule has 0 aliphatic heterocycles. The highest BCUT2D eigenvalue weighted by Crippen LogP contribution is 2.15. The first kappa shape index (κ1) is 15.2. The summed E-state index contributed by atoms with van der Waals surface area (Å²) in [6.45, 7) is 5.51. The van der Waals surface area contributed by atoms with Gasteiger partial charge in [-0.2, -0.15) is 0 Å². The second-order valence-electron chi connectivity index (χ2n) is 4.61. The lowest BCUT2D eigenvalue weighted by atomic mass is 9.97. The molecule has 1 atom stereocenters. The van der Waals surface area contributed by atoms with Gasteiger partial charge in [-0.05, 0) is 29.5 Å². The maximum atomic E-state index is 11.1. The van der Waals surface area contributed by atoms with Gasteiger partial charge in [0.05, 0.1) is 0 Å². The minimum Gasteiger partial charge on any atom is -0.480 e. The van der Waals surface area contributed by atoms with Crippen LogP contribution in [0.5, 0.6) is 0 Å². The van der Waals surface area contributed by atoms with Crippen molar-refractivity contribution in [3.8, 4) is 0 Å². The standard InChI is InChI=1S/C15H21NO3/c1-4-12-7-6-11(8-13(12)5-2)9-14(15(18)19)16-10(3)17/h6-8,14H,4-5,9H2,1-3H3,(H,16,17)(H,18,19). The molecule has 4 nitrogen and oxygen atoms in total. The molecule has 1 amide bonds. The minimum absolute atomic E-state index is 0.311. The summed E-state index contributed by atoms with van der Waals surface area (Å²) in [5, 5.41) is 11.6. The predicted molar refractivity (Wildman–Crippen MR) is 74.1 cm³/mol. The van der Waals surface area contributed by atoms with Crippen LogP contribution < -0.4 is 5.32 Å². The molecule has 104 valence electrons. The third-order valence-corrected chi connectivity index (χ3v) is 3.15. The fourth-order valence-electron chi connectivity index (χ4n) is 2.16. The number of carboxylic acids is 1. The second kappa shape index (κ2) is 6.92. The Labute approximate surface area is 113 Å². The van der Waals surface area contributed by atoms with Crippen molar-refractivity contribution >= 4 is 11.9 Å². The monoisotopic (exact) mass is 263 g/mol. The Kier molecular flexibility index (Phi) is 5.55. The molecule has 1 aromatic rings. The molecule has 0 fully saturated rings. The molecule has 0 heterocycles. The molecular weight excluding hydrogens is 242 g/mol. The van der Waals surface area contributed by atoms with Crippen LogP contribution in [0.2, 0.25) is 0 Å². The molecule has 1 unspecified atom stereocenters. The first-order valence-corrected chi connectivity index (χ1v) is 6.58. The summed E-state index contributed by atoms with van der Waals surface area (Å²) >= 11 is 0. The Bertz CT molecular complexity index is 468. The molecule has 0 saturated heterocycles. The van der Waals surface area contributed by atoms with Crippen molar-refractivity contribution in [3.63, 3.8) is 0 Å². The average Bonchev–Trinajstić information content (AvgIpc) is 2.37. The largest absolute Gasteiger partial charge is 0.480 e.